The van der Waals surface area contributed by atoms with Crippen molar-refractivity contribution in [3.63, 3.8) is 0 Å². The number of amides is 1. The number of fused-ring (bicyclic) bond motifs is 3. The monoisotopic (exact) mass is 272 g/mol. The van der Waals surface area contributed by atoms with Gasteiger partial charge in [0.25, 0.3) is 0 Å². The number of rotatable bonds is 2. The van der Waals surface area contributed by atoms with Crippen molar-refractivity contribution in [2.45, 2.75) is 49.9 Å². The van der Waals surface area contributed by atoms with E-state index in [9.17, 15) is 4.79 Å². The fraction of sp³-hybridized carbons (Fsp3) is 0.562. The number of hydrogen-bond donors (Lipinski definition) is 2. The Labute approximate surface area is 118 Å². The molecule has 4 nitrogen and oxygen atoms in total. The van der Waals surface area contributed by atoms with Crippen LogP contribution < -0.4 is 10.6 Å². The van der Waals surface area contributed by atoms with Crippen LogP contribution in [0.4, 0.5) is 5.69 Å². The molecule has 2 fully saturated rings. The highest BCUT2D eigenvalue weighted by molar-refractivity contribution is 5.86. The van der Waals surface area contributed by atoms with E-state index < -0.39 is 0 Å². The molecule has 3 heterocycles. The molecule has 1 aromatic carbocycles. The van der Waals surface area contributed by atoms with Crippen molar-refractivity contribution in [1.29, 1.82) is 0 Å². The van der Waals surface area contributed by atoms with Gasteiger partial charge >= 0.3 is 0 Å². The van der Waals surface area contributed by atoms with Crippen LogP contribution in [0.3, 0.4) is 0 Å². The second kappa shape index (κ2) is 4.77. The van der Waals surface area contributed by atoms with E-state index in [4.69, 9.17) is 4.74 Å². The summed E-state index contributed by atoms with van der Waals surface area (Å²) < 4.78 is 5.82. The van der Waals surface area contributed by atoms with Gasteiger partial charge in [-0.1, -0.05) is 18.2 Å². The summed E-state index contributed by atoms with van der Waals surface area (Å²) in [5, 5.41) is 6.59. The fourth-order valence-corrected chi connectivity index (χ4v) is 3.81. The maximum atomic E-state index is 12.6. The molecule has 4 heteroatoms. The Bertz CT molecular complexity index is 531. The van der Waals surface area contributed by atoms with Gasteiger partial charge in [-0.3, -0.25) is 4.79 Å². The lowest BCUT2D eigenvalue weighted by Gasteiger charge is -2.28. The van der Waals surface area contributed by atoms with Crippen LogP contribution >= 0.6 is 0 Å². The van der Waals surface area contributed by atoms with E-state index in [1.54, 1.807) is 0 Å². The molecule has 1 amide bonds. The molecular formula is C16H20N2O2. The van der Waals surface area contributed by atoms with Gasteiger partial charge in [0.2, 0.25) is 5.91 Å². The molecule has 3 aliphatic rings. The predicted octanol–water partition coefficient (Wildman–Crippen LogP) is 2.02. The number of anilines is 1. The average molecular weight is 272 g/mol. The minimum atomic E-state index is -0.0217. The number of carbonyl (C=O) groups is 1. The van der Waals surface area contributed by atoms with Crippen LogP contribution in [0.1, 0.15) is 37.2 Å². The summed E-state index contributed by atoms with van der Waals surface area (Å²) in [6.07, 6.45) is 4.74. The Balaban J connectivity index is 1.49. The lowest BCUT2D eigenvalue weighted by atomic mass is 9.89. The van der Waals surface area contributed by atoms with Gasteiger partial charge in [0.1, 0.15) is 0 Å². The van der Waals surface area contributed by atoms with Gasteiger partial charge in [0, 0.05) is 12.2 Å². The van der Waals surface area contributed by atoms with Crippen LogP contribution in [-0.4, -0.2) is 30.7 Å². The molecule has 2 bridgehead atoms. The molecule has 1 aromatic rings. The molecule has 4 unspecified atom stereocenters. The van der Waals surface area contributed by atoms with E-state index in [2.05, 4.69) is 22.8 Å². The third-order valence-electron chi connectivity index (χ3n) is 4.83. The van der Waals surface area contributed by atoms with Crippen molar-refractivity contribution < 1.29 is 9.53 Å². The Hall–Kier alpha value is -1.55. The van der Waals surface area contributed by atoms with Crippen molar-refractivity contribution in [3.05, 3.63) is 29.8 Å². The Morgan fingerprint density at radius 1 is 1.25 bits per heavy atom. The van der Waals surface area contributed by atoms with Crippen molar-refractivity contribution in [2.75, 3.05) is 11.9 Å². The molecule has 2 N–H and O–H groups in total. The van der Waals surface area contributed by atoms with Gasteiger partial charge in [-0.05, 0) is 37.3 Å². The Kier molecular flexibility index (Phi) is 2.91. The van der Waals surface area contributed by atoms with E-state index in [-0.39, 0.29) is 24.0 Å². The normalized spacial score (nSPS) is 34.4. The summed E-state index contributed by atoms with van der Waals surface area (Å²) in [5.74, 6) is 0.145. The number of carbonyl (C=O) groups excluding carboxylic acids is 1. The molecular weight excluding hydrogens is 252 g/mol. The number of benzene rings is 1. The van der Waals surface area contributed by atoms with Crippen LogP contribution in [0.25, 0.3) is 0 Å². The van der Waals surface area contributed by atoms with E-state index in [0.717, 1.165) is 43.5 Å². The molecule has 2 saturated heterocycles. The highest BCUT2D eigenvalue weighted by Crippen LogP contribution is 2.36. The zero-order chi connectivity index (χ0) is 13.5. The zero-order valence-electron chi connectivity index (χ0n) is 11.5. The van der Waals surface area contributed by atoms with Crippen LogP contribution in [0, 0.1) is 0 Å². The number of para-hydroxylation sites is 1. The zero-order valence-corrected chi connectivity index (χ0v) is 11.5. The molecule has 106 valence electrons. The van der Waals surface area contributed by atoms with Crippen LogP contribution in [0.2, 0.25) is 0 Å². The first-order valence-corrected chi connectivity index (χ1v) is 7.60. The molecule has 4 rings (SSSR count). The molecule has 20 heavy (non-hydrogen) atoms. The summed E-state index contributed by atoms with van der Waals surface area (Å²) in [6, 6.07) is 8.35. The second-order valence-electron chi connectivity index (χ2n) is 6.08. The predicted molar refractivity (Wildman–Crippen MR) is 76.7 cm³/mol. The van der Waals surface area contributed by atoms with Gasteiger partial charge in [-0.25, -0.2) is 0 Å². The molecule has 4 atom stereocenters. The van der Waals surface area contributed by atoms with Crippen molar-refractivity contribution >= 4 is 11.6 Å². The standard InChI is InChI=1S/C16H20N2O2/c19-16(18-14-9-10-5-6-15(14)20-10)12-7-8-17-13-4-2-1-3-11(12)13/h1-4,10,12,14-15,17H,5-9H2,(H,18,19). The number of hydrogen-bond acceptors (Lipinski definition) is 3. The first-order chi connectivity index (χ1) is 9.81. The third kappa shape index (κ3) is 1.99. The van der Waals surface area contributed by atoms with Gasteiger partial charge in [-0.2, -0.15) is 0 Å². The minimum Gasteiger partial charge on any atom is -0.385 e. The quantitative estimate of drug-likeness (QED) is 0.866. The van der Waals surface area contributed by atoms with Crippen molar-refractivity contribution in [2.24, 2.45) is 0 Å². The Morgan fingerprint density at radius 3 is 2.95 bits per heavy atom. The summed E-state index contributed by atoms with van der Waals surface area (Å²) in [6.45, 7) is 0.863. The summed E-state index contributed by atoms with van der Waals surface area (Å²) >= 11 is 0. The third-order valence-corrected chi connectivity index (χ3v) is 4.83. The highest BCUT2D eigenvalue weighted by Gasteiger charge is 2.42. The fourth-order valence-electron chi connectivity index (χ4n) is 3.81. The lowest BCUT2D eigenvalue weighted by molar-refractivity contribution is -0.123. The van der Waals surface area contributed by atoms with Crippen molar-refractivity contribution in [1.82, 2.24) is 5.32 Å². The van der Waals surface area contributed by atoms with Gasteiger partial charge in [0.15, 0.2) is 0 Å². The number of nitrogens with one attached hydrogen (secondary N) is 2. The average Bonchev–Trinajstić information content (AvgIpc) is 3.09. The first kappa shape index (κ1) is 12.2. The van der Waals surface area contributed by atoms with Crippen LogP contribution in [-0.2, 0) is 9.53 Å². The lowest BCUT2D eigenvalue weighted by Crippen LogP contribution is -2.44. The van der Waals surface area contributed by atoms with E-state index in [0.29, 0.717) is 6.10 Å². The highest BCUT2D eigenvalue weighted by atomic mass is 16.5. The largest absolute Gasteiger partial charge is 0.385 e. The topological polar surface area (TPSA) is 50.4 Å². The maximum absolute atomic E-state index is 12.6. The molecule has 0 spiro atoms. The van der Waals surface area contributed by atoms with E-state index in [1.807, 2.05) is 12.1 Å². The molecule has 3 aliphatic heterocycles. The smallest absolute Gasteiger partial charge is 0.227 e. The van der Waals surface area contributed by atoms with Gasteiger partial charge in [0.05, 0.1) is 24.2 Å². The SMILES string of the molecule is O=C(NC1CC2CCC1O2)C1CCNc2ccccc21. The molecule has 0 aromatic heterocycles. The maximum Gasteiger partial charge on any atom is 0.227 e. The molecule has 0 saturated carbocycles. The van der Waals surface area contributed by atoms with Gasteiger partial charge in [-0.15, -0.1) is 0 Å². The van der Waals surface area contributed by atoms with Gasteiger partial charge < -0.3 is 15.4 Å². The summed E-state index contributed by atoms with van der Waals surface area (Å²) in [5.41, 5.74) is 2.23. The summed E-state index contributed by atoms with van der Waals surface area (Å²) in [4.78, 5) is 12.6. The number of ether oxygens (including phenoxy) is 1. The van der Waals surface area contributed by atoms with E-state index >= 15 is 0 Å². The van der Waals surface area contributed by atoms with Crippen LogP contribution in [0.15, 0.2) is 24.3 Å². The van der Waals surface area contributed by atoms with Crippen LogP contribution in [0.5, 0.6) is 0 Å². The minimum absolute atomic E-state index is 0.0217. The first-order valence-electron chi connectivity index (χ1n) is 7.60. The Morgan fingerprint density at radius 2 is 2.15 bits per heavy atom. The molecule has 0 radical (unpaired) electrons. The van der Waals surface area contributed by atoms with E-state index in [1.165, 1.54) is 0 Å². The molecule has 0 aliphatic carbocycles. The van der Waals surface area contributed by atoms with Crippen molar-refractivity contribution in [3.8, 4) is 0 Å². The summed E-state index contributed by atoms with van der Waals surface area (Å²) in [7, 11) is 0. The second-order valence-corrected chi connectivity index (χ2v) is 6.08.